The van der Waals surface area contributed by atoms with Crippen LogP contribution in [0.2, 0.25) is 0 Å². The third-order valence-electron chi connectivity index (χ3n) is 2.33. The number of nitrogens with zero attached hydrogens (tertiary/aromatic N) is 3. The number of hydrogen-bond acceptors (Lipinski definition) is 6. The van der Waals surface area contributed by atoms with Gasteiger partial charge >= 0.3 is 0 Å². The highest BCUT2D eigenvalue weighted by Crippen LogP contribution is 2.30. The zero-order chi connectivity index (χ0) is 14.0. The number of aryl methyl sites for hydroxylation is 1. The Bertz CT molecular complexity index is 653. The molecule has 0 radical (unpaired) electrons. The van der Waals surface area contributed by atoms with Gasteiger partial charge in [0.15, 0.2) is 5.78 Å². The summed E-state index contributed by atoms with van der Waals surface area (Å²) >= 11 is 1.19. The highest BCUT2D eigenvalue weighted by Gasteiger charge is 2.16. The first-order valence-corrected chi connectivity index (χ1v) is 6.15. The molecule has 0 saturated carbocycles. The number of benzene rings is 1. The van der Waals surface area contributed by atoms with Crippen LogP contribution in [-0.2, 0) is 0 Å². The minimum atomic E-state index is -0.530. The molecular weight excluding hydrogens is 268 g/mol. The van der Waals surface area contributed by atoms with Crippen LogP contribution in [0.1, 0.15) is 23.1 Å². The van der Waals surface area contributed by atoms with Crippen LogP contribution in [0.25, 0.3) is 0 Å². The lowest BCUT2D eigenvalue weighted by Crippen LogP contribution is -1.98. The van der Waals surface area contributed by atoms with Gasteiger partial charge in [0, 0.05) is 22.6 Å². The lowest BCUT2D eigenvalue weighted by molar-refractivity contribution is -0.384. The molecule has 0 amide bonds. The molecular formula is C11H10N4O3S. The minimum Gasteiger partial charge on any atom is -0.294 e. The Morgan fingerprint density at radius 2 is 2.21 bits per heavy atom. The Balaban J connectivity index is 2.39. The number of ketones is 1. The van der Waals surface area contributed by atoms with E-state index in [1.54, 1.807) is 6.92 Å². The molecule has 0 bridgehead atoms. The molecule has 0 spiro atoms. The van der Waals surface area contributed by atoms with Crippen LogP contribution < -0.4 is 0 Å². The Labute approximate surface area is 112 Å². The van der Waals surface area contributed by atoms with Gasteiger partial charge in [0.05, 0.1) is 4.92 Å². The van der Waals surface area contributed by atoms with Gasteiger partial charge in [-0.2, -0.15) is 0 Å². The monoisotopic (exact) mass is 278 g/mol. The van der Waals surface area contributed by atoms with Gasteiger partial charge in [-0.15, -0.1) is 5.10 Å². The first kappa shape index (κ1) is 13.2. The first-order valence-electron chi connectivity index (χ1n) is 5.33. The van der Waals surface area contributed by atoms with Crippen LogP contribution in [0.5, 0.6) is 0 Å². The molecule has 1 aromatic carbocycles. The topological polar surface area (TPSA) is 102 Å². The van der Waals surface area contributed by atoms with Crippen molar-refractivity contribution in [3.63, 3.8) is 0 Å². The highest BCUT2D eigenvalue weighted by atomic mass is 32.2. The van der Waals surface area contributed by atoms with Gasteiger partial charge in [0.2, 0.25) is 5.16 Å². The molecule has 0 unspecified atom stereocenters. The number of nitrogens with one attached hydrogen (secondary N) is 1. The van der Waals surface area contributed by atoms with E-state index < -0.39 is 4.92 Å². The normalized spacial score (nSPS) is 10.4. The van der Waals surface area contributed by atoms with E-state index in [9.17, 15) is 14.9 Å². The van der Waals surface area contributed by atoms with Gasteiger partial charge in [0.1, 0.15) is 5.82 Å². The minimum absolute atomic E-state index is 0.110. The van der Waals surface area contributed by atoms with Gasteiger partial charge in [-0.25, -0.2) is 4.98 Å². The Morgan fingerprint density at radius 3 is 2.74 bits per heavy atom. The van der Waals surface area contributed by atoms with Crippen LogP contribution in [-0.4, -0.2) is 25.9 Å². The standard InChI is InChI=1S/C11H10N4O3S/c1-6(16)9-5-8(15(17)18)3-4-10(9)19-11-12-7(2)13-14-11/h3-5H,1-2H3,(H,12,13,14). The summed E-state index contributed by atoms with van der Waals surface area (Å²) in [6.07, 6.45) is 0. The van der Waals surface area contributed by atoms with Crippen molar-refractivity contribution in [3.05, 3.63) is 39.7 Å². The van der Waals surface area contributed by atoms with E-state index in [1.807, 2.05) is 0 Å². The number of carbonyl (C=O) groups is 1. The van der Waals surface area contributed by atoms with Crippen LogP contribution in [0.4, 0.5) is 5.69 Å². The Hall–Kier alpha value is -2.22. The molecule has 0 aliphatic carbocycles. The molecule has 2 aromatic rings. The number of aromatic amines is 1. The molecule has 98 valence electrons. The number of aromatic nitrogens is 3. The lowest BCUT2D eigenvalue weighted by Gasteiger charge is -2.03. The number of nitro benzene ring substituents is 1. The average molecular weight is 278 g/mol. The van der Waals surface area contributed by atoms with E-state index in [0.29, 0.717) is 21.4 Å². The average Bonchev–Trinajstić information content (AvgIpc) is 2.74. The van der Waals surface area contributed by atoms with Crippen molar-refractivity contribution >= 4 is 23.2 Å². The van der Waals surface area contributed by atoms with Gasteiger partial charge in [0.25, 0.3) is 5.69 Å². The van der Waals surface area contributed by atoms with Crippen molar-refractivity contribution in [1.82, 2.24) is 15.2 Å². The molecule has 8 heteroatoms. The molecule has 2 rings (SSSR count). The summed E-state index contributed by atoms with van der Waals surface area (Å²) in [5.74, 6) is 0.423. The maximum absolute atomic E-state index is 11.6. The fourth-order valence-corrected chi connectivity index (χ4v) is 2.38. The van der Waals surface area contributed by atoms with E-state index in [1.165, 1.54) is 36.9 Å². The van der Waals surface area contributed by atoms with Crippen molar-refractivity contribution in [2.75, 3.05) is 0 Å². The molecule has 7 nitrogen and oxygen atoms in total. The van der Waals surface area contributed by atoms with E-state index in [-0.39, 0.29) is 11.5 Å². The third kappa shape index (κ3) is 2.97. The second-order valence-electron chi connectivity index (χ2n) is 3.80. The van der Waals surface area contributed by atoms with E-state index in [0.717, 1.165) is 0 Å². The van der Waals surface area contributed by atoms with Gasteiger partial charge < -0.3 is 0 Å². The van der Waals surface area contributed by atoms with Crippen LogP contribution in [0.15, 0.2) is 28.3 Å². The van der Waals surface area contributed by atoms with Gasteiger partial charge in [-0.05, 0) is 31.7 Å². The van der Waals surface area contributed by atoms with Crippen molar-refractivity contribution in [2.24, 2.45) is 0 Å². The SMILES string of the molecule is CC(=O)c1cc([N+](=O)[O-])ccc1Sc1n[nH]c(C)n1. The molecule has 0 fully saturated rings. The number of non-ortho nitro benzene ring substituents is 1. The van der Waals surface area contributed by atoms with Crippen LogP contribution >= 0.6 is 11.8 Å². The van der Waals surface area contributed by atoms with Crippen molar-refractivity contribution in [3.8, 4) is 0 Å². The predicted molar refractivity (Wildman–Crippen MR) is 68.3 cm³/mol. The second kappa shape index (κ2) is 5.19. The molecule has 0 atom stereocenters. The van der Waals surface area contributed by atoms with Crippen LogP contribution in [0.3, 0.4) is 0 Å². The Kier molecular flexibility index (Phi) is 3.61. The smallest absolute Gasteiger partial charge is 0.270 e. The summed E-state index contributed by atoms with van der Waals surface area (Å²) in [5.41, 5.74) is 0.183. The molecule has 1 aromatic heterocycles. The molecule has 1 heterocycles. The maximum Gasteiger partial charge on any atom is 0.270 e. The number of Topliss-reactive ketones (excluding diaryl/α,β-unsaturated/α-hetero) is 1. The van der Waals surface area contributed by atoms with E-state index in [4.69, 9.17) is 0 Å². The van der Waals surface area contributed by atoms with Crippen LogP contribution in [0, 0.1) is 17.0 Å². The Morgan fingerprint density at radius 1 is 1.47 bits per heavy atom. The highest BCUT2D eigenvalue weighted by molar-refractivity contribution is 7.99. The van der Waals surface area contributed by atoms with Gasteiger partial charge in [-0.3, -0.25) is 20.0 Å². The largest absolute Gasteiger partial charge is 0.294 e. The first-order chi connectivity index (χ1) is 8.97. The quantitative estimate of drug-likeness (QED) is 0.523. The summed E-state index contributed by atoms with van der Waals surface area (Å²) in [4.78, 5) is 26.4. The van der Waals surface area contributed by atoms with Crippen molar-refractivity contribution in [1.29, 1.82) is 0 Å². The predicted octanol–water partition coefficient (Wildman–Crippen LogP) is 2.38. The number of hydrogen-bond donors (Lipinski definition) is 1. The van der Waals surface area contributed by atoms with Crippen molar-refractivity contribution < 1.29 is 9.72 Å². The fraction of sp³-hybridized carbons (Fsp3) is 0.182. The summed E-state index contributed by atoms with van der Waals surface area (Å²) < 4.78 is 0. The van der Waals surface area contributed by atoms with Gasteiger partial charge in [-0.1, -0.05) is 0 Å². The fourth-order valence-electron chi connectivity index (χ4n) is 1.46. The maximum atomic E-state index is 11.6. The second-order valence-corrected chi connectivity index (χ2v) is 4.81. The third-order valence-corrected chi connectivity index (χ3v) is 3.27. The summed E-state index contributed by atoms with van der Waals surface area (Å²) in [5, 5.41) is 17.8. The zero-order valence-electron chi connectivity index (χ0n) is 10.2. The zero-order valence-corrected chi connectivity index (χ0v) is 11.0. The molecule has 0 aliphatic heterocycles. The molecule has 0 saturated heterocycles. The number of H-pyrrole nitrogens is 1. The summed E-state index contributed by atoms with van der Waals surface area (Å²) in [6, 6.07) is 4.16. The van der Waals surface area contributed by atoms with E-state index >= 15 is 0 Å². The molecule has 19 heavy (non-hydrogen) atoms. The lowest BCUT2D eigenvalue weighted by atomic mass is 10.1. The van der Waals surface area contributed by atoms with E-state index in [2.05, 4.69) is 15.2 Å². The summed E-state index contributed by atoms with van der Waals surface area (Å²) in [7, 11) is 0. The summed E-state index contributed by atoms with van der Waals surface area (Å²) in [6.45, 7) is 3.13. The number of nitro groups is 1. The number of rotatable bonds is 4. The van der Waals surface area contributed by atoms with Crippen molar-refractivity contribution in [2.45, 2.75) is 23.9 Å². The molecule has 1 N–H and O–H groups in total. The number of carbonyl (C=O) groups excluding carboxylic acids is 1. The molecule has 0 aliphatic rings.